The minimum absolute atomic E-state index is 0. The maximum Gasteiger partial charge on any atom is 0.126 e. The minimum Gasteiger partial charge on any atom is -0.480 e. The second-order valence-electron chi connectivity index (χ2n) is 15.5. The topological polar surface area (TPSA) is 86.7 Å². The van der Waals surface area contributed by atoms with E-state index in [0.717, 1.165) is 11.5 Å². The first-order valence-corrected chi connectivity index (χ1v) is 19.1. The standard InChI is InChI=1S/2C14H23OP.4C3H8.4CH2O.CH4/c2*1-13(2,3)10-7-8-12(15-16)11(9-10)14(4,5)6;4*1-3-2;4*1-2;/h2*7-9H,16H2,1-6H3;4*3H2,1-2H3;4*1H2;1H4. The fraction of sp³-hybridized carbons (Fsp3) is 0.644. The molecule has 0 aliphatic carbocycles. The molecular weight excluding hydrogens is 698 g/mol. The van der Waals surface area contributed by atoms with Crippen molar-refractivity contribution in [3.05, 3.63) is 58.7 Å². The van der Waals surface area contributed by atoms with Crippen LogP contribution in [0.25, 0.3) is 0 Å². The zero-order valence-corrected chi connectivity index (χ0v) is 40.0. The summed E-state index contributed by atoms with van der Waals surface area (Å²) >= 11 is 0. The molecule has 2 aromatic rings. The van der Waals surface area contributed by atoms with Gasteiger partial charge in [-0.15, -0.1) is 0 Å². The van der Waals surface area contributed by atoms with E-state index in [2.05, 4.69) is 194 Å². The van der Waals surface area contributed by atoms with Gasteiger partial charge in [0.1, 0.15) is 38.7 Å². The molecule has 316 valence electrons. The molecule has 0 aromatic heterocycles. The summed E-state index contributed by atoms with van der Waals surface area (Å²) in [5, 5.41) is 0. The van der Waals surface area contributed by atoms with E-state index in [-0.39, 0.29) is 29.1 Å². The van der Waals surface area contributed by atoms with Gasteiger partial charge in [0.25, 0.3) is 0 Å². The third-order valence-corrected chi connectivity index (χ3v) is 6.07. The number of hydrogen-bond donors (Lipinski definition) is 0. The van der Waals surface area contributed by atoms with Gasteiger partial charge in [-0.1, -0.05) is 196 Å². The van der Waals surface area contributed by atoms with E-state index in [4.69, 9.17) is 28.2 Å². The molecule has 0 bridgehead atoms. The van der Waals surface area contributed by atoms with Crippen LogP contribution in [0.5, 0.6) is 11.5 Å². The zero-order valence-electron chi connectivity index (χ0n) is 37.7. The monoisotopic (exact) mass is 789 g/mol. The lowest BCUT2D eigenvalue weighted by Crippen LogP contribution is -2.16. The molecule has 0 spiro atoms. The normalized spacial score (nSPS) is 9.32. The Balaban J connectivity index is -0.0000000694. The summed E-state index contributed by atoms with van der Waals surface area (Å²) in [5.41, 5.74) is 5.79. The van der Waals surface area contributed by atoms with Gasteiger partial charge in [0.05, 0.1) is 18.9 Å². The molecule has 0 N–H and O–H groups in total. The van der Waals surface area contributed by atoms with Crippen LogP contribution in [0.15, 0.2) is 36.4 Å². The Hall–Kier alpha value is -2.42. The first-order chi connectivity index (χ1) is 24.0. The van der Waals surface area contributed by atoms with Crippen molar-refractivity contribution >= 4 is 46.1 Å². The molecule has 0 amide bonds. The van der Waals surface area contributed by atoms with Gasteiger partial charge in [0, 0.05) is 11.1 Å². The predicted octanol–water partition coefficient (Wildman–Crippen LogP) is 14.5. The Morgan fingerprint density at radius 1 is 0.415 bits per heavy atom. The third kappa shape index (κ3) is 42.2. The van der Waals surface area contributed by atoms with Crippen LogP contribution in [0.1, 0.15) is 194 Å². The van der Waals surface area contributed by atoms with Gasteiger partial charge < -0.3 is 28.2 Å². The minimum atomic E-state index is 0. The summed E-state index contributed by atoms with van der Waals surface area (Å²) in [6, 6.07) is 12.9. The first kappa shape index (κ1) is 71.9. The molecule has 2 atom stereocenters. The first-order valence-electron chi connectivity index (χ1n) is 18.2. The fourth-order valence-corrected chi connectivity index (χ4v) is 3.78. The summed E-state index contributed by atoms with van der Waals surface area (Å²) in [5.74, 6) is 1.90. The quantitative estimate of drug-likeness (QED) is 0.282. The van der Waals surface area contributed by atoms with E-state index in [0.29, 0.717) is 0 Å². The second kappa shape index (κ2) is 44.0. The molecule has 2 rings (SSSR count). The Morgan fingerprint density at radius 2 is 0.585 bits per heavy atom. The molecule has 0 aliphatic heterocycles. The highest BCUT2D eigenvalue weighted by Crippen LogP contribution is 2.37. The fourth-order valence-electron chi connectivity index (χ4n) is 3.37. The highest BCUT2D eigenvalue weighted by molar-refractivity contribution is 7.10. The third-order valence-electron chi connectivity index (χ3n) is 5.56. The van der Waals surface area contributed by atoms with Gasteiger partial charge >= 0.3 is 0 Å². The molecule has 53 heavy (non-hydrogen) atoms. The van der Waals surface area contributed by atoms with Crippen LogP contribution in [0.4, 0.5) is 0 Å². The van der Waals surface area contributed by atoms with Crippen molar-refractivity contribution in [2.45, 2.75) is 193 Å². The van der Waals surface area contributed by atoms with Crippen LogP contribution in [-0.2, 0) is 40.8 Å². The molecule has 0 heterocycles. The molecule has 0 aliphatic rings. The van der Waals surface area contributed by atoms with Crippen LogP contribution in [0.3, 0.4) is 0 Å². The van der Waals surface area contributed by atoms with Gasteiger partial charge in [-0.3, -0.25) is 0 Å². The smallest absolute Gasteiger partial charge is 0.126 e. The maximum absolute atomic E-state index is 8.00. The summed E-state index contributed by atoms with van der Waals surface area (Å²) in [7, 11) is 4.66. The van der Waals surface area contributed by atoms with E-state index in [1.54, 1.807) is 0 Å². The lowest BCUT2D eigenvalue weighted by Gasteiger charge is -2.26. The Kier molecular flexibility index (Phi) is 59.7. The number of benzene rings is 2. The molecule has 0 saturated carbocycles. The Morgan fingerprint density at radius 3 is 0.698 bits per heavy atom. The number of rotatable bonds is 2. The number of carbonyl (C=O) groups is 4. The van der Waals surface area contributed by atoms with E-state index in [9.17, 15) is 0 Å². The lowest BCUT2D eigenvalue weighted by molar-refractivity contribution is -0.0987. The molecule has 2 aromatic carbocycles. The van der Waals surface area contributed by atoms with E-state index in [1.165, 1.54) is 47.9 Å². The summed E-state index contributed by atoms with van der Waals surface area (Å²) < 4.78 is 10.7. The Labute approximate surface area is 336 Å². The highest BCUT2D eigenvalue weighted by atomic mass is 31.0. The molecule has 0 saturated heterocycles. The van der Waals surface area contributed by atoms with Gasteiger partial charge in [-0.2, -0.15) is 0 Å². The molecule has 8 heteroatoms. The zero-order chi connectivity index (χ0) is 43.9. The van der Waals surface area contributed by atoms with Crippen molar-refractivity contribution < 1.29 is 28.2 Å². The largest absolute Gasteiger partial charge is 0.480 e. The van der Waals surface area contributed by atoms with Gasteiger partial charge in [-0.25, -0.2) is 0 Å². The second-order valence-corrected chi connectivity index (χ2v) is 16.0. The Bertz CT molecular complexity index is 940. The lowest BCUT2D eigenvalue weighted by atomic mass is 9.80. The maximum atomic E-state index is 8.00. The van der Waals surface area contributed by atoms with Crippen molar-refractivity contribution in [1.29, 1.82) is 0 Å². The number of hydrogen-bond acceptors (Lipinski definition) is 6. The molecule has 6 nitrogen and oxygen atoms in total. The summed E-state index contributed by atoms with van der Waals surface area (Å²) in [6.45, 7) is 51.7. The van der Waals surface area contributed by atoms with Crippen molar-refractivity contribution in [3.8, 4) is 11.5 Å². The predicted molar refractivity (Wildman–Crippen MR) is 247 cm³/mol. The molecular formula is C45H90O6P2. The van der Waals surface area contributed by atoms with Crippen LogP contribution < -0.4 is 9.05 Å². The average molecular weight is 789 g/mol. The highest BCUT2D eigenvalue weighted by Gasteiger charge is 2.23. The van der Waals surface area contributed by atoms with Crippen molar-refractivity contribution in [1.82, 2.24) is 0 Å². The van der Waals surface area contributed by atoms with Crippen LogP contribution in [0, 0.1) is 0 Å². The van der Waals surface area contributed by atoms with E-state index in [1.807, 2.05) is 27.2 Å². The average Bonchev–Trinajstić information content (AvgIpc) is 3.08. The number of carbonyl (C=O) groups excluding carboxylic acids is 4. The van der Waals surface area contributed by atoms with Crippen LogP contribution in [0.2, 0.25) is 0 Å². The molecule has 2 unspecified atom stereocenters. The van der Waals surface area contributed by atoms with E-state index < -0.39 is 0 Å². The van der Waals surface area contributed by atoms with E-state index >= 15 is 0 Å². The van der Waals surface area contributed by atoms with Gasteiger partial charge in [0.15, 0.2) is 0 Å². The van der Waals surface area contributed by atoms with Crippen molar-refractivity contribution in [3.63, 3.8) is 0 Å². The van der Waals surface area contributed by atoms with Crippen molar-refractivity contribution in [2.24, 2.45) is 0 Å². The summed E-state index contributed by atoms with van der Waals surface area (Å²) in [4.78, 5) is 32.0. The van der Waals surface area contributed by atoms with Crippen LogP contribution in [-0.4, -0.2) is 27.2 Å². The van der Waals surface area contributed by atoms with Gasteiger partial charge in [-0.05, 0) is 44.9 Å². The molecule has 0 fully saturated rings. The van der Waals surface area contributed by atoms with Crippen LogP contribution >= 0.6 is 18.9 Å². The van der Waals surface area contributed by atoms with Gasteiger partial charge in [0.2, 0.25) is 0 Å². The summed E-state index contributed by atoms with van der Waals surface area (Å²) in [6.07, 6.45) is 5.00. The van der Waals surface area contributed by atoms with Crippen molar-refractivity contribution in [2.75, 3.05) is 0 Å². The molecule has 0 radical (unpaired) electrons. The SMILES string of the molecule is C.C=O.C=O.C=O.C=O.CC(C)(C)c1ccc(OP)c(C(C)(C)C)c1.CC(C)(C)c1ccc(OP)c(C(C)(C)C)c1.CCC.CCC.CCC.CCC.